The first-order valence-corrected chi connectivity index (χ1v) is 11.8. The molecular weight excluding hydrogens is 503 g/mol. The van der Waals surface area contributed by atoms with Crippen LogP contribution in [0.3, 0.4) is 0 Å². The quantitative estimate of drug-likeness (QED) is 0.342. The fraction of sp³-hybridized carbons (Fsp3) is 0.269. The standard InChI is InChI=1S/C26H26F3N5O4/c1-30-24(35)22-15-20(9-12-32-22)37-19-4-2-3-17(14-19)33-25(36)34-21-13-16(26(27,28)29)5-6-23(21)38-18-7-10-31-11-8-18/h2-6,9,12-15,18,31H,7-8,10-11H2,1H3,(H,30,35)(H2,33,34,36). The second-order valence-electron chi connectivity index (χ2n) is 8.44. The predicted octanol–water partition coefficient (Wildman–Crippen LogP) is 5.03. The molecule has 0 radical (unpaired) electrons. The van der Waals surface area contributed by atoms with Gasteiger partial charge in [-0.05, 0) is 62.3 Å². The van der Waals surface area contributed by atoms with Gasteiger partial charge in [-0.25, -0.2) is 4.79 Å². The molecular formula is C26H26F3N5O4. The Morgan fingerprint density at radius 2 is 1.76 bits per heavy atom. The average molecular weight is 530 g/mol. The molecule has 38 heavy (non-hydrogen) atoms. The van der Waals surface area contributed by atoms with Crippen LogP contribution in [0.5, 0.6) is 17.2 Å². The van der Waals surface area contributed by atoms with Crippen molar-refractivity contribution >= 4 is 23.3 Å². The lowest BCUT2D eigenvalue weighted by Gasteiger charge is -2.25. The van der Waals surface area contributed by atoms with Crippen LogP contribution < -0.4 is 30.7 Å². The van der Waals surface area contributed by atoms with Gasteiger partial charge in [0.1, 0.15) is 29.0 Å². The van der Waals surface area contributed by atoms with Crippen molar-refractivity contribution in [2.24, 2.45) is 0 Å². The van der Waals surface area contributed by atoms with Gasteiger partial charge in [0.2, 0.25) is 0 Å². The lowest BCUT2D eigenvalue weighted by Crippen LogP contribution is -2.34. The number of benzene rings is 2. The highest BCUT2D eigenvalue weighted by Crippen LogP contribution is 2.36. The van der Waals surface area contributed by atoms with Gasteiger partial charge in [0.05, 0.1) is 11.3 Å². The van der Waals surface area contributed by atoms with Gasteiger partial charge in [0, 0.05) is 31.1 Å². The van der Waals surface area contributed by atoms with Gasteiger partial charge >= 0.3 is 12.2 Å². The number of aromatic nitrogens is 1. The highest BCUT2D eigenvalue weighted by atomic mass is 19.4. The second-order valence-corrected chi connectivity index (χ2v) is 8.44. The summed E-state index contributed by atoms with van der Waals surface area (Å²) in [7, 11) is 1.49. The number of hydrogen-bond acceptors (Lipinski definition) is 6. The summed E-state index contributed by atoms with van der Waals surface area (Å²) in [6.07, 6.45) is -1.95. The first-order chi connectivity index (χ1) is 18.2. The summed E-state index contributed by atoms with van der Waals surface area (Å²) in [5.41, 5.74) is -0.508. The largest absolute Gasteiger partial charge is 0.488 e. The lowest BCUT2D eigenvalue weighted by atomic mass is 10.1. The number of nitrogens with one attached hydrogen (secondary N) is 4. The minimum Gasteiger partial charge on any atom is -0.488 e. The number of anilines is 2. The number of carbonyl (C=O) groups is 2. The number of hydrogen-bond donors (Lipinski definition) is 4. The van der Waals surface area contributed by atoms with E-state index in [2.05, 4.69) is 26.3 Å². The van der Waals surface area contributed by atoms with Gasteiger partial charge in [-0.15, -0.1) is 0 Å². The molecule has 0 saturated carbocycles. The molecule has 4 rings (SSSR count). The number of nitrogens with zero attached hydrogens (tertiary/aromatic N) is 1. The number of pyridine rings is 1. The van der Waals surface area contributed by atoms with E-state index in [1.54, 1.807) is 24.3 Å². The zero-order chi connectivity index (χ0) is 27.1. The van der Waals surface area contributed by atoms with Crippen molar-refractivity contribution in [2.45, 2.75) is 25.1 Å². The van der Waals surface area contributed by atoms with Gasteiger partial charge in [-0.2, -0.15) is 13.2 Å². The lowest BCUT2D eigenvalue weighted by molar-refractivity contribution is -0.137. The van der Waals surface area contributed by atoms with Crippen molar-refractivity contribution in [1.82, 2.24) is 15.6 Å². The van der Waals surface area contributed by atoms with Gasteiger partial charge in [0.15, 0.2) is 0 Å². The van der Waals surface area contributed by atoms with Crippen LogP contribution in [0, 0.1) is 0 Å². The molecule has 0 unspecified atom stereocenters. The van der Waals surface area contributed by atoms with Crippen LogP contribution in [-0.2, 0) is 6.18 Å². The maximum absolute atomic E-state index is 13.3. The highest BCUT2D eigenvalue weighted by Gasteiger charge is 2.32. The molecule has 0 atom stereocenters. The van der Waals surface area contributed by atoms with E-state index in [-0.39, 0.29) is 29.1 Å². The molecule has 3 aromatic rings. The van der Waals surface area contributed by atoms with Crippen LogP contribution in [0.4, 0.5) is 29.3 Å². The molecule has 1 fully saturated rings. The molecule has 1 saturated heterocycles. The predicted molar refractivity (Wildman–Crippen MR) is 135 cm³/mol. The Hall–Kier alpha value is -4.32. The normalized spacial score (nSPS) is 13.9. The summed E-state index contributed by atoms with van der Waals surface area (Å²) in [6.45, 7) is 1.47. The third-order valence-corrected chi connectivity index (χ3v) is 5.65. The van der Waals surface area contributed by atoms with Gasteiger partial charge < -0.3 is 30.7 Å². The van der Waals surface area contributed by atoms with Crippen molar-refractivity contribution in [1.29, 1.82) is 0 Å². The zero-order valence-electron chi connectivity index (χ0n) is 20.4. The summed E-state index contributed by atoms with van der Waals surface area (Å²) < 4.78 is 51.7. The van der Waals surface area contributed by atoms with Crippen LogP contribution in [0.25, 0.3) is 0 Å². The number of carbonyl (C=O) groups excluding carboxylic acids is 2. The minimum atomic E-state index is -4.59. The fourth-order valence-electron chi connectivity index (χ4n) is 3.78. The Labute approximate surface area is 216 Å². The van der Waals surface area contributed by atoms with Crippen molar-refractivity contribution in [3.05, 3.63) is 72.1 Å². The number of alkyl halides is 3. The van der Waals surface area contributed by atoms with E-state index in [1.807, 2.05) is 0 Å². The molecule has 1 aliphatic rings. The average Bonchev–Trinajstić information content (AvgIpc) is 2.89. The number of urea groups is 1. The molecule has 1 aliphatic heterocycles. The van der Waals surface area contributed by atoms with Crippen molar-refractivity contribution in [3.8, 4) is 17.2 Å². The SMILES string of the molecule is CNC(=O)c1cc(Oc2cccc(NC(=O)Nc3cc(C(F)(F)F)ccc3OC3CCNCC3)c2)ccn1. The summed E-state index contributed by atoms with van der Waals surface area (Å²) >= 11 is 0. The van der Waals surface area contributed by atoms with Crippen LogP contribution >= 0.6 is 0 Å². The van der Waals surface area contributed by atoms with E-state index in [0.29, 0.717) is 30.0 Å². The molecule has 4 N–H and O–H groups in total. The van der Waals surface area contributed by atoms with Gasteiger partial charge in [-0.3, -0.25) is 9.78 Å². The first kappa shape index (κ1) is 26.7. The van der Waals surface area contributed by atoms with Crippen molar-refractivity contribution in [2.75, 3.05) is 30.8 Å². The number of piperidine rings is 1. The molecule has 0 spiro atoms. The molecule has 3 amide bonds. The minimum absolute atomic E-state index is 0.0956. The molecule has 2 heterocycles. The summed E-state index contributed by atoms with van der Waals surface area (Å²) in [6, 6.07) is 11.6. The van der Waals surface area contributed by atoms with Gasteiger partial charge in [-0.1, -0.05) is 6.07 Å². The summed E-state index contributed by atoms with van der Waals surface area (Å²) in [5, 5.41) is 10.7. The van der Waals surface area contributed by atoms with Crippen LogP contribution in [-0.4, -0.2) is 43.2 Å². The number of amides is 3. The third-order valence-electron chi connectivity index (χ3n) is 5.65. The van der Waals surface area contributed by atoms with E-state index in [1.165, 1.54) is 31.4 Å². The Morgan fingerprint density at radius 1 is 1.00 bits per heavy atom. The van der Waals surface area contributed by atoms with Gasteiger partial charge in [0.25, 0.3) is 5.91 Å². The smallest absolute Gasteiger partial charge is 0.416 e. The van der Waals surface area contributed by atoms with Crippen LogP contribution in [0.15, 0.2) is 60.8 Å². The maximum Gasteiger partial charge on any atom is 0.416 e. The Morgan fingerprint density at radius 3 is 2.50 bits per heavy atom. The first-order valence-electron chi connectivity index (χ1n) is 11.8. The maximum atomic E-state index is 13.3. The van der Waals surface area contributed by atoms with Crippen LogP contribution in [0.1, 0.15) is 28.9 Å². The number of ether oxygens (including phenoxy) is 2. The van der Waals surface area contributed by atoms with E-state index >= 15 is 0 Å². The Bertz CT molecular complexity index is 1300. The molecule has 9 nitrogen and oxygen atoms in total. The van der Waals surface area contributed by atoms with Crippen molar-refractivity contribution < 1.29 is 32.2 Å². The van der Waals surface area contributed by atoms with E-state index in [0.717, 1.165) is 25.2 Å². The second kappa shape index (κ2) is 11.8. The topological polar surface area (TPSA) is 114 Å². The number of halogens is 3. The molecule has 2 aromatic carbocycles. The number of rotatable bonds is 7. The fourth-order valence-corrected chi connectivity index (χ4v) is 3.78. The Kier molecular flexibility index (Phi) is 8.31. The Balaban J connectivity index is 1.47. The monoisotopic (exact) mass is 529 g/mol. The summed E-state index contributed by atoms with van der Waals surface area (Å²) in [5.74, 6) is 0.483. The van der Waals surface area contributed by atoms with Crippen LogP contribution in [0.2, 0.25) is 0 Å². The molecule has 0 bridgehead atoms. The highest BCUT2D eigenvalue weighted by molar-refractivity contribution is 6.00. The van der Waals surface area contributed by atoms with E-state index < -0.39 is 17.8 Å². The molecule has 1 aromatic heterocycles. The third kappa shape index (κ3) is 7.13. The molecule has 12 heteroatoms. The zero-order valence-corrected chi connectivity index (χ0v) is 20.4. The van der Waals surface area contributed by atoms with Crippen molar-refractivity contribution in [3.63, 3.8) is 0 Å². The molecule has 0 aliphatic carbocycles. The summed E-state index contributed by atoms with van der Waals surface area (Å²) in [4.78, 5) is 28.5. The van der Waals surface area contributed by atoms with E-state index in [9.17, 15) is 22.8 Å². The van der Waals surface area contributed by atoms with E-state index in [4.69, 9.17) is 9.47 Å². The molecule has 200 valence electrons.